The number of aromatic nitrogens is 1. The average Bonchev–Trinajstić information content (AvgIpc) is 3.18. The molecule has 1 aromatic carbocycles. The molecule has 2 N–H and O–H groups in total. The number of aliphatic hydroxyl groups is 1. The first-order valence-corrected chi connectivity index (χ1v) is 10.5. The number of benzene rings is 1. The number of ether oxygens (including phenoxy) is 1. The van der Waals surface area contributed by atoms with Crippen molar-refractivity contribution in [2.24, 2.45) is 0 Å². The number of aliphatic hydroxyl groups excluding tert-OH is 1. The molecule has 1 aliphatic rings. The lowest BCUT2D eigenvalue weighted by atomic mass is 10.2. The zero-order chi connectivity index (χ0) is 22.4. The third-order valence-electron chi connectivity index (χ3n) is 4.89. The van der Waals surface area contributed by atoms with Gasteiger partial charge in [0.05, 0.1) is 24.9 Å². The smallest absolute Gasteiger partial charge is 0.277 e. The Labute approximate surface area is 182 Å². The third-order valence-corrected chi connectivity index (χ3v) is 4.89. The number of carbonyl (C=O) groups is 1. The van der Waals surface area contributed by atoms with Gasteiger partial charge >= 0.3 is 0 Å². The van der Waals surface area contributed by atoms with Crippen molar-refractivity contribution in [2.75, 3.05) is 44.6 Å². The molecule has 2 heterocycles. The Balaban J connectivity index is 1.41. The molecule has 31 heavy (non-hydrogen) atoms. The van der Waals surface area contributed by atoms with E-state index in [-0.39, 0.29) is 17.1 Å². The molecule has 2 aromatic rings. The van der Waals surface area contributed by atoms with Crippen LogP contribution in [0, 0.1) is 5.82 Å². The first-order valence-electron chi connectivity index (χ1n) is 10.5. The molecule has 1 atom stereocenters. The number of amides is 1. The zero-order valence-electron chi connectivity index (χ0n) is 18.3. The van der Waals surface area contributed by atoms with Crippen molar-refractivity contribution in [3.63, 3.8) is 0 Å². The van der Waals surface area contributed by atoms with Crippen LogP contribution in [0.1, 0.15) is 37.2 Å². The van der Waals surface area contributed by atoms with Gasteiger partial charge in [0.2, 0.25) is 5.89 Å². The lowest BCUT2D eigenvalue weighted by molar-refractivity contribution is -0.0588. The van der Waals surface area contributed by atoms with Crippen LogP contribution in [-0.4, -0.2) is 76.8 Å². The highest BCUT2D eigenvalue weighted by Gasteiger charge is 2.22. The van der Waals surface area contributed by atoms with Crippen LogP contribution >= 0.6 is 0 Å². The maximum Gasteiger partial charge on any atom is 0.277 e. The van der Waals surface area contributed by atoms with E-state index in [2.05, 4.69) is 20.1 Å². The molecule has 3 rings (SSSR count). The highest BCUT2D eigenvalue weighted by Crippen LogP contribution is 2.13. The monoisotopic (exact) mass is 434 g/mol. The quantitative estimate of drug-likeness (QED) is 0.659. The van der Waals surface area contributed by atoms with Gasteiger partial charge in [-0.1, -0.05) is 0 Å². The molecule has 1 aromatic heterocycles. The average molecular weight is 435 g/mol. The molecule has 0 spiro atoms. The SMILES string of the molecule is CC(C)(C)OC[C@@H](O)CN1CCN(Cc2nc(C(=O)Nc3ccc(F)cc3)co2)CC1. The molecular formula is C22H31FN4O4. The molecule has 1 saturated heterocycles. The van der Waals surface area contributed by atoms with E-state index in [9.17, 15) is 14.3 Å². The van der Waals surface area contributed by atoms with E-state index in [1.807, 2.05) is 20.8 Å². The van der Waals surface area contributed by atoms with E-state index in [4.69, 9.17) is 9.15 Å². The summed E-state index contributed by atoms with van der Waals surface area (Å²) >= 11 is 0. The van der Waals surface area contributed by atoms with Crippen LogP contribution in [0.25, 0.3) is 0 Å². The fraction of sp³-hybridized carbons (Fsp3) is 0.545. The van der Waals surface area contributed by atoms with Crippen molar-refractivity contribution < 1.29 is 23.4 Å². The lowest BCUT2D eigenvalue weighted by Crippen LogP contribution is -2.49. The Kier molecular flexibility index (Phi) is 7.77. The number of nitrogens with one attached hydrogen (secondary N) is 1. The Bertz CT molecular complexity index is 842. The number of oxazole rings is 1. The van der Waals surface area contributed by atoms with E-state index < -0.39 is 12.0 Å². The van der Waals surface area contributed by atoms with Gasteiger partial charge in [-0.15, -0.1) is 0 Å². The van der Waals surface area contributed by atoms with Crippen molar-refractivity contribution in [1.82, 2.24) is 14.8 Å². The summed E-state index contributed by atoms with van der Waals surface area (Å²) in [6.07, 6.45) is 0.815. The zero-order valence-corrected chi connectivity index (χ0v) is 18.3. The van der Waals surface area contributed by atoms with Crippen LogP contribution in [0.2, 0.25) is 0 Å². The Morgan fingerprint density at radius 1 is 1.23 bits per heavy atom. The second-order valence-electron chi connectivity index (χ2n) is 8.74. The first-order chi connectivity index (χ1) is 14.7. The molecule has 1 amide bonds. The van der Waals surface area contributed by atoms with Gasteiger partial charge in [-0.25, -0.2) is 9.37 Å². The summed E-state index contributed by atoms with van der Waals surface area (Å²) < 4.78 is 24.1. The minimum atomic E-state index is -0.514. The topological polar surface area (TPSA) is 91.1 Å². The van der Waals surface area contributed by atoms with Gasteiger partial charge in [0.15, 0.2) is 5.69 Å². The van der Waals surface area contributed by atoms with Gasteiger partial charge in [0.1, 0.15) is 12.1 Å². The van der Waals surface area contributed by atoms with Crippen molar-refractivity contribution in [1.29, 1.82) is 0 Å². The summed E-state index contributed by atoms with van der Waals surface area (Å²) in [5.74, 6) is -0.302. The van der Waals surface area contributed by atoms with Gasteiger partial charge in [-0.3, -0.25) is 14.6 Å². The highest BCUT2D eigenvalue weighted by atomic mass is 19.1. The van der Waals surface area contributed by atoms with Crippen molar-refractivity contribution in [3.8, 4) is 0 Å². The number of rotatable bonds is 8. The molecule has 170 valence electrons. The molecule has 0 radical (unpaired) electrons. The Hall–Kier alpha value is -2.33. The summed E-state index contributed by atoms with van der Waals surface area (Å²) in [6, 6.07) is 5.53. The Morgan fingerprint density at radius 3 is 2.52 bits per heavy atom. The van der Waals surface area contributed by atoms with Crippen LogP contribution in [0.4, 0.5) is 10.1 Å². The number of hydrogen-bond donors (Lipinski definition) is 2. The normalized spacial score (nSPS) is 16.9. The lowest BCUT2D eigenvalue weighted by Gasteiger charge is -2.35. The standard InChI is InChI=1S/C22H31FN4O4/c1-22(2,3)31-14-18(28)12-26-8-10-27(11-9-26)13-20-25-19(15-30-20)21(29)24-17-6-4-16(23)5-7-17/h4-7,15,18,28H,8-14H2,1-3H3,(H,24,29)/t18-/m0/s1. The predicted octanol–water partition coefficient (Wildman–Crippen LogP) is 2.36. The number of β-amino-alcohol motifs (C(OH)–C–C–N with tert-alkyl or cyclic N) is 1. The van der Waals surface area contributed by atoms with Gasteiger partial charge in [0.25, 0.3) is 5.91 Å². The van der Waals surface area contributed by atoms with Gasteiger partial charge in [-0.2, -0.15) is 0 Å². The maximum atomic E-state index is 13.0. The molecule has 1 aliphatic heterocycles. The fourth-order valence-corrected chi connectivity index (χ4v) is 3.23. The number of halogens is 1. The molecule has 0 bridgehead atoms. The van der Waals surface area contributed by atoms with E-state index in [0.717, 1.165) is 26.2 Å². The van der Waals surface area contributed by atoms with Crippen molar-refractivity contribution >= 4 is 11.6 Å². The van der Waals surface area contributed by atoms with Crippen LogP contribution in [0.3, 0.4) is 0 Å². The molecular weight excluding hydrogens is 403 g/mol. The van der Waals surface area contributed by atoms with Gasteiger partial charge in [0, 0.05) is 38.4 Å². The van der Waals surface area contributed by atoms with E-state index in [1.54, 1.807) is 0 Å². The predicted molar refractivity (Wildman–Crippen MR) is 114 cm³/mol. The summed E-state index contributed by atoms with van der Waals surface area (Å²) in [6.45, 7) is 10.6. The largest absolute Gasteiger partial charge is 0.447 e. The second-order valence-corrected chi connectivity index (χ2v) is 8.74. The summed E-state index contributed by atoms with van der Waals surface area (Å²) in [5.41, 5.74) is 0.409. The second kappa shape index (κ2) is 10.3. The number of hydrogen-bond acceptors (Lipinski definition) is 7. The molecule has 8 nitrogen and oxygen atoms in total. The van der Waals surface area contributed by atoms with E-state index in [1.165, 1.54) is 30.5 Å². The number of nitrogens with zero attached hydrogens (tertiary/aromatic N) is 3. The third kappa shape index (κ3) is 7.70. The van der Waals surface area contributed by atoms with E-state index >= 15 is 0 Å². The van der Waals surface area contributed by atoms with Crippen LogP contribution in [0.15, 0.2) is 34.9 Å². The molecule has 0 unspecified atom stereocenters. The van der Waals surface area contributed by atoms with Crippen LogP contribution < -0.4 is 5.32 Å². The van der Waals surface area contributed by atoms with Crippen LogP contribution in [0.5, 0.6) is 0 Å². The number of carbonyl (C=O) groups excluding carboxylic acids is 1. The summed E-state index contributed by atoms with van der Waals surface area (Å²) in [4.78, 5) is 21.0. The molecule has 1 fully saturated rings. The minimum absolute atomic E-state index is 0.180. The van der Waals surface area contributed by atoms with Gasteiger partial charge in [-0.05, 0) is 45.0 Å². The molecule has 0 saturated carbocycles. The van der Waals surface area contributed by atoms with Crippen molar-refractivity contribution in [3.05, 3.63) is 47.9 Å². The summed E-state index contributed by atoms with van der Waals surface area (Å²) in [7, 11) is 0. The fourth-order valence-electron chi connectivity index (χ4n) is 3.23. The van der Waals surface area contributed by atoms with Crippen molar-refractivity contribution in [2.45, 2.75) is 39.0 Å². The van der Waals surface area contributed by atoms with Crippen LogP contribution in [-0.2, 0) is 11.3 Å². The molecule has 0 aliphatic carbocycles. The minimum Gasteiger partial charge on any atom is -0.447 e. The van der Waals surface area contributed by atoms with E-state index in [0.29, 0.717) is 31.3 Å². The maximum absolute atomic E-state index is 13.0. The highest BCUT2D eigenvalue weighted by molar-refractivity contribution is 6.02. The number of anilines is 1. The Morgan fingerprint density at radius 2 is 1.87 bits per heavy atom. The molecule has 9 heteroatoms. The van der Waals surface area contributed by atoms with Gasteiger partial charge < -0.3 is 19.6 Å². The first kappa shape index (κ1) is 23.3. The number of piperazine rings is 1. The summed E-state index contributed by atoms with van der Waals surface area (Å²) in [5, 5.41) is 12.8.